The highest BCUT2D eigenvalue weighted by Gasteiger charge is 2.45. The van der Waals surface area contributed by atoms with E-state index in [1.54, 1.807) is 18.1 Å². The molecule has 6 heteroatoms. The Labute approximate surface area is 111 Å². The van der Waals surface area contributed by atoms with Crippen molar-refractivity contribution in [2.45, 2.75) is 45.2 Å². The van der Waals surface area contributed by atoms with Gasteiger partial charge in [-0.15, -0.1) is 0 Å². The van der Waals surface area contributed by atoms with Gasteiger partial charge in [-0.2, -0.15) is 0 Å². The van der Waals surface area contributed by atoms with Crippen molar-refractivity contribution >= 4 is 22.6 Å². The number of hydrogen-bond donors (Lipinski definition) is 1. The first kappa shape index (κ1) is 15.1. The summed E-state index contributed by atoms with van der Waals surface area (Å²) in [6.45, 7) is 5.88. The highest BCUT2D eigenvalue weighted by molar-refractivity contribution is 7.84. The summed E-state index contributed by atoms with van der Waals surface area (Å²) in [5, 5.41) is 2.80. The first-order valence-corrected chi connectivity index (χ1v) is 8.01. The minimum atomic E-state index is -0.963. The molecule has 1 fully saturated rings. The molecular weight excluding hydrogens is 252 g/mol. The average molecular weight is 274 g/mol. The largest absolute Gasteiger partial charge is 0.340 e. The molecule has 0 saturated carbocycles. The van der Waals surface area contributed by atoms with Crippen LogP contribution in [0.25, 0.3) is 0 Å². The van der Waals surface area contributed by atoms with Crippen LogP contribution < -0.4 is 5.32 Å². The van der Waals surface area contributed by atoms with Crippen LogP contribution >= 0.6 is 0 Å². The van der Waals surface area contributed by atoms with Crippen molar-refractivity contribution in [3.05, 3.63) is 0 Å². The van der Waals surface area contributed by atoms with Crippen LogP contribution in [0.4, 0.5) is 0 Å². The zero-order valence-electron chi connectivity index (χ0n) is 11.5. The molecule has 18 heavy (non-hydrogen) atoms. The molecule has 0 aromatic carbocycles. The van der Waals surface area contributed by atoms with E-state index in [0.29, 0.717) is 25.1 Å². The summed E-state index contributed by atoms with van der Waals surface area (Å²) in [4.78, 5) is 26.0. The maximum absolute atomic E-state index is 12.4. The third-order valence-electron chi connectivity index (χ3n) is 3.52. The lowest BCUT2D eigenvalue weighted by atomic mass is 9.91. The Morgan fingerprint density at radius 3 is 2.44 bits per heavy atom. The Morgan fingerprint density at radius 1 is 1.39 bits per heavy atom. The number of rotatable bonds is 5. The normalized spacial score (nSPS) is 30.2. The third-order valence-corrected chi connectivity index (χ3v) is 4.28. The molecule has 0 aromatic heterocycles. The number of nitrogens with zero attached hydrogens (tertiary/aromatic N) is 1. The molecule has 1 aliphatic rings. The molecule has 1 heterocycles. The van der Waals surface area contributed by atoms with Gasteiger partial charge in [-0.05, 0) is 19.8 Å². The van der Waals surface area contributed by atoms with Crippen LogP contribution in [0.1, 0.15) is 33.6 Å². The second-order valence-electron chi connectivity index (χ2n) is 4.87. The first-order chi connectivity index (χ1) is 8.35. The summed E-state index contributed by atoms with van der Waals surface area (Å²) in [6, 6.07) is -0.430. The topological polar surface area (TPSA) is 66.5 Å². The SMILES string of the molecule is CCC1C(=O)NC(C)(CC)C(=O)N1CCS(C)=O. The highest BCUT2D eigenvalue weighted by Crippen LogP contribution is 2.22. The Bertz CT molecular complexity index is 372. The monoisotopic (exact) mass is 274 g/mol. The number of piperazine rings is 1. The standard InChI is InChI=1S/C12H22N2O3S/c1-5-9-10(15)13-12(3,6-2)11(16)14(9)7-8-18(4)17/h9H,5-8H2,1-4H3,(H,13,15). The number of nitrogens with one attached hydrogen (secondary N) is 1. The van der Waals surface area contributed by atoms with Gasteiger partial charge in [0.05, 0.1) is 0 Å². The third kappa shape index (κ3) is 2.91. The number of carbonyl (C=O) groups excluding carboxylic acids is 2. The number of amides is 2. The van der Waals surface area contributed by atoms with Gasteiger partial charge in [0.25, 0.3) is 0 Å². The van der Waals surface area contributed by atoms with Crippen molar-refractivity contribution in [1.29, 1.82) is 0 Å². The molecule has 0 bridgehead atoms. The molecule has 1 N–H and O–H groups in total. The van der Waals surface area contributed by atoms with Gasteiger partial charge < -0.3 is 10.2 Å². The molecule has 1 saturated heterocycles. The van der Waals surface area contributed by atoms with Crippen LogP contribution in [0.3, 0.4) is 0 Å². The molecule has 104 valence electrons. The fourth-order valence-corrected chi connectivity index (χ4v) is 2.59. The summed E-state index contributed by atoms with van der Waals surface area (Å²) >= 11 is 0. The Hall–Kier alpha value is -0.910. The van der Waals surface area contributed by atoms with E-state index < -0.39 is 22.4 Å². The van der Waals surface area contributed by atoms with Crippen molar-refractivity contribution < 1.29 is 13.8 Å². The molecule has 2 amide bonds. The number of hydrogen-bond acceptors (Lipinski definition) is 3. The van der Waals surface area contributed by atoms with Crippen molar-refractivity contribution in [1.82, 2.24) is 10.2 Å². The number of carbonyl (C=O) groups is 2. The Kier molecular flexibility index (Phi) is 4.90. The molecule has 3 atom stereocenters. The van der Waals surface area contributed by atoms with Crippen LogP contribution in [-0.2, 0) is 20.4 Å². The minimum Gasteiger partial charge on any atom is -0.340 e. The fourth-order valence-electron chi connectivity index (χ4n) is 2.14. The maximum Gasteiger partial charge on any atom is 0.248 e. The lowest BCUT2D eigenvalue weighted by Crippen LogP contribution is -2.69. The van der Waals surface area contributed by atoms with E-state index >= 15 is 0 Å². The van der Waals surface area contributed by atoms with Crippen molar-refractivity contribution in [2.24, 2.45) is 0 Å². The molecule has 0 aromatic rings. The summed E-state index contributed by atoms with van der Waals surface area (Å²) < 4.78 is 11.2. The quantitative estimate of drug-likeness (QED) is 0.782. The average Bonchev–Trinajstić information content (AvgIpc) is 2.31. The molecular formula is C12H22N2O3S. The van der Waals surface area contributed by atoms with Gasteiger partial charge in [-0.1, -0.05) is 13.8 Å². The van der Waals surface area contributed by atoms with E-state index in [0.717, 1.165) is 0 Å². The molecule has 1 aliphatic heterocycles. The minimum absolute atomic E-state index is 0.0677. The summed E-state index contributed by atoms with van der Waals surface area (Å²) in [5.41, 5.74) is -0.821. The van der Waals surface area contributed by atoms with Gasteiger partial charge >= 0.3 is 0 Å². The molecule has 0 spiro atoms. The van der Waals surface area contributed by atoms with E-state index in [-0.39, 0.29) is 11.8 Å². The van der Waals surface area contributed by atoms with Gasteiger partial charge in [0, 0.05) is 29.4 Å². The van der Waals surface area contributed by atoms with Crippen molar-refractivity contribution in [3.8, 4) is 0 Å². The van der Waals surface area contributed by atoms with Crippen LogP contribution in [0.15, 0.2) is 0 Å². The molecule has 3 unspecified atom stereocenters. The van der Waals surface area contributed by atoms with Crippen molar-refractivity contribution in [2.75, 3.05) is 18.6 Å². The van der Waals surface area contributed by atoms with Crippen LogP contribution in [0.5, 0.6) is 0 Å². The smallest absolute Gasteiger partial charge is 0.248 e. The van der Waals surface area contributed by atoms with Crippen LogP contribution in [0, 0.1) is 0 Å². The predicted molar refractivity (Wildman–Crippen MR) is 71.6 cm³/mol. The van der Waals surface area contributed by atoms with E-state index in [2.05, 4.69) is 5.32 Å². The lowest BCUT2D eigenvalue weighted by molar-refractivity contribution is -0.154. The summed E-state index contributed by atoms with van der Waals surface area (Å²) in [6.07, 6.45) is 2.74. The van der Waals surface area contributed by atoms with Gasteiger partial charge in [0.15, 0.2) is 0 Å². The van der Waals surface area contributed by atoms with Gasteiger partial charge in [-0.25, -0.2) is 0 Å². The molecule has 0 aliphatic carbocycles. The molecule has 5 nitrogen and oxygen atoms in total. The van der Waals surface area contributed by atoms with Gasteiger partial charge in [0.2, 0.25) is 11.8 Å². The van der Waals surface area contributed by atoms with Crippen LogP contribution in [-0.4, -0.2) is 51.1 Å². The lowest BCUT2D eigenvalue weighted by Gasteiger charge is -2.43. The van der Waals surface area contributed by atoms with E-state index in [1.165, 1.54) is 0 Å². The summed E-state index contributed by atoms with van der Waals surface area (Å²) in [5.74, 6) is 0.236. The van der Waals surface area contributed by atoms with E-state index in [9.17, 15) is 13.8 Å². The maximum atomic E-state index is 12.4. The Morgan fingerprint density at radius 2 is 2.00 bits per heavy atom. The highest BCUT2D eigenvalue weighted by atomic mass is 32.2. The zero-order valence-corrected chi connectivity index (χ0v) is 12.3. The van der Waals surface area contributed by atoms with E-state index in [4.69, 9.17) is 0 Å². The molecule has 1 rings (SSSR count). The zero-order chi connectivity index (χ0) is 13.9. The Balaban J connectivity index is 2.94. The molecule has 0 radical (unpaired) electrons. The van der Waals surface area contributed by atoms with E-state index in [1.807, 2.05) is 13.8 Å². The fraction of sp³-hybridized carbons (Fsp3) is 0.833. The van der Waals surface area contributed by atoms with Gasteiger partial charge in [-0.3, -0.25) is 13.8 Å². The van der Waals surface area contributed by atoms with Crippen molar-refractivity contribution in [3.63, 3.8) is 0 Å². The second-order valence-corrected chi connectivity index (χ2v) is 6.43. The van der Waals surface area contributed by atoms with Gasteiger partial charge in [0.1, 0.15) is 11.6 Å². The van der Waals surface area contributed by atoms with Crippen LogP contribution in [0.2, 0.25) is 0 Å². The summed E-state index contributed by atoms with van der Waals surface area (Å²) in [7, 11) is -0.963. The predicted octanol–water partition coefficient (Wildman–Crippen LogP) is 0.271. The first-order valence-electron chi connectivity index (χ1n) is 6.28. The second kappa shape index (κ2) is 5.82.